The molecule has 0 aromatic rings. The lowest BCUT2D eigenvalue weighted by molar-refractivity contribution is 0.297. The average Bonchev–Trinajstić information content (AvgIpc) is 2.89. The minimum Gasteiger partial charge on any atom is -0.362 e. The Kier molecular flexibility index (Phi) is 4.84. The van der Waals surface area contributed by atoms with Crippen LogP contribution in [0.1, 0.15) is 44.9 Å². The van der Waals surface area contributed by atoms with E-state index in [0.717, 1.165) is 18.9 Å². The second-order valence-corrected chi connectivity index (χ2v) is 5.69. The summed E-state index contributed by atoms with van der Waals surface area (Å²) in [7, 11) is 2.10. The Balaban J connectivity index is 1.70. The highest BCUT2D eigenvalue weighted by Gasteiger charge is 2.21. The number of nitrogens with one attached hydrogen (secondary N) is 1. The number of likely N-dealkylation sites (N-methyl/N-ethyl adjacent to an activating group) is 1. The first-order chi connectivity index (χ1) is 8.27. The van der Waals surface area contributed by atoms with E-state index in [4.69, 9.17) is 5.41 Å². The highest BCUT2D eigenvalue weighted by molar-refractivity contribution is 5.81. The van der Waals surface area contributed by atoms with Gasteiger partial charge in [-0.2, -0.15) is 0 Å². The van der Waals surface area contributed by atoms with Gasteiger partial charge in [-0.1, -0.05) is 19.3 Å². The molecule has 1 heterocycles. The van der Waals surface area contributed by atoms with Gasteiger partial charge in [0.15, 0.2) is 0 Å². The van der Waals surface area contributed by atoms with Crippen molar-refractivity contribution in [2.45, 2.75) is 44.9 Å². The predicted molar refractivity (Wildman–Crippen MR) is 72.6 cm³/mol. The minimum absolute atomic E-state index is 0.548. The van der Waals surface area contributed by atoms with Crippen LogP contribution < -0.4 is 0 Å². The van der Waals surface area contributed by atoms with Crippen LogP contribution in [0.3, 0.4) is 0 Å². The summed E-state index contributed by atoms with van der Waals surface area (Å²) in [5, 5.41) is 8.27. The molecule has 1 aliphatic heterocycles. The Morgan fingerprint density at radius 3 is 2.41 bits per heavy atom. The summed E-state index contributed by atoms with van der Waals surface area (Å²) in [6, 6.07) is 0. The molecule has 0 atom stereocenters. The van der Waals surface area contributed by atoms with Crippen LogP contribution in [0.2, 0.25) is 0 Å². The van der Waals surface area contributed by atoms with Crippen molar-refractivity contribution < 1.29 is 0 Å². The van der Waals surface area contributed by atoms with Crippen LogP contribution in [-0.4, -0.2) is 48.9 Å². The van der Waals surface area contributed by atoms with E-state index in [1.807, 2.05) is 0 Å². The second kappa shape index (κ2) is 6.39. The summed E-state index contributed by atoms with van der Waals surface area (Å²) >= 11 is 0. The zero-order valence-electron chi connectivity index (χ0n) is 11.2. The molecule has 1 saturated carbocycles. The molecule has 3 heteroatoms. The first kappa shape index (κ1) is 12.9. The molecule has 2 fully saturated rings. The van der Waals surface area contributed by atoms with Crippen LogP contribution in [0.25, 0.3) is 0 Å². The van der Waals surface area contributed by atoms with Gasteiger partial charge in [0, 0.05) is 26.1 Å². The second-order valence-electron chi connectivity index (χ2n) is 5.69. The Labute approximate surface area is 106 Å². The standard InChI is InChI=1S/C14H27N3/c1-16(11-12-17-9-5-6-10-17)14(15)13-7-3-2-4-8-13/h13,15H,2-12H2,1H3. The Hall–Kier alpha value is -0.570. The van der Waals surface area contributed by atoms with Gasteiger partial charge in [-0.15, -0.1) is 0 Å². The van der Waals surface area contributed by atoms with Crippen LogP contribution >= 0.6 is 0 Å². The summed E-state index contributed by atoms with van der Waals surface area (Å²) in [5.41, 5.74) is 0. The fraction of sp³-hybridized carbons (Fsp3) is 0.929. The van der Waals surface area contributed by atoms with Crippen LogP contribution in [0.5, 0.6) is 0 Å². The Bertz CT molecular complexity index is 240. The van der Waals surface area contributed by atoms with Gasteiger partial charge in [0.05, 0.1) is 5.84 Å². The summed E-state index contributed by atoms with van der Waals surface area (Å²) < 4.78 is 0. The van der Waals surface area contributed by atoms with E-state index in [9.17, 15) is 0 Å². The first-order valence-corrected chi connectivity index (χ1v) is 7.29. The van der Waals surface area contributed by atoms with Gasteiger partial charge >= 0.3 is 0 Å². The smallest absolute Gasteiger partial charge is 0.0987 e. The lowest BCUT2D eigenvalue weighted by Crippen LogP contribution is -2.38. The van der Waals surface area contributed by atoms with Gasteiger partial charge < -0.3 is 9.80 Å². The molecule has 0 aromatic carbocycles. The van der Waals surface area contributed by atoms with E-state index in [1.54, 1.807) is 0 Å². The summed E-state index contributed by atoms with van der Waals surface area (Å²) in [5.74, 6) is 1.44. The topological polar surface area (TPSA) is 30.3 Å². The third-order valence-electron chi connectivity index (χ3n) is 4.35. The SMILES string of the molecule is CN(CCN1CCCC1)C(=N)C1CCCCC1. The Morgan fingerprint density at radius 1 is 1.12 bits per heavy atom. The lowest BCUT2D eigenvalue weighted by Gasteiger charge is -2.30. The quantitative estimate of drug-likeness (QED) is 0.602. The van der Waals surface area contributed by atoms with E-state index in [1.165, 1.54) is 58.0 Å². The number of hydrogen-bond donors (Lipinski definition) is 1. The fourth-order valence-electron chi connectivity index (χ4n) is 3.11. The lowest BCUT2D eigenvalue weighted by atomic mass is 9.88. The van der Waals surface area contributed by atoms with Crippen molar-refractivity contribution in [2.75, 3.05) is 33.2 Å². The molecule has 0 radical (unpaired) electrons. The Morgan fingerprint density at radius 2 is 1.76 bits per heavy atom. The number of rotatable bonds is 4. The third kappa shape index (κ3) is 3.70. The van der Waals surface area contributed by atoms with Crippen molar-refractivity contribution in [1.82, 2.24) is 9.80 Å². The van der Waals surface area contributed by atoms with Crippen molar-refractivity contribution in [3.05, 3.63) is 0 Å². The van der Waals surface area contributed by atoms with Crippen LogP contribution in [0.15, 0.2) is 0 Å². The first-order valence-electron chi connectivity index (χ1n) is 7.29. The van der Waals surface area contributed by atoms with E-state index in [0.29, 0.717) is 5.92 Å². The van der Waals surface area contributed by atoms with E-state index in [2.05, 4.69) is 16.8 Å². The van der Waals surface area contributed by atoms with Gasteiger partial charge in [-0.3, -0.25) is 5.41 Å². The number of amidine groups is 1. The van der Waals surface area contributed by atoms with Gasteiger partial charge in [-0.05, 0) is 38.8 Å². The van der Waals surface area contributed by atoms with Crippen molar-refractivity contribution in [3.8, 4) is 0 Å². The van der Waals surface area contributed by atoms with Crippen LogP contribution in [-0.2, 0) is 0 Å². The van der Waals surface area contributed by atoms with E-state index < -0.39 is 0 Å². The van der Waals surface area contributed by atoms with Crippen LogP contribution in [0.4, 0.5) is 0 Å². The molecular weight excluding hydrogens is 210 g/mol. The van der Waals surface area contributed by atoms with Gasteiger partial charge in [0.25, 0.3) is 0 Å². The molecule has 0 amide bonds. The summed E-state index contributed by atoms with van der Waals surface area (Å²) in [6.45, 7) is 4.72. The summed E-state index contributed by atoms with van der Waals surface area (Å²) in [4.78, 5) is 4.72. The normalized spacial score (nSPS) is 22.9. The molecule has 0 spiro atoms. The van der Waals surface area contributed by atoms with Crippen LogP contribution in [0, 0.1) is 11.3 Å². The van der Waals surface area contributed by atoms with Gasteiger partial charge in [0.1, 0.15) is 0 Å². The highest BCUT2D eigenvalue weighted by Crippen LogP contribution is 2.25. The van der Waals surface area contributed by atoms with Gasteiger partial charge in [-0.25, -0.2) is 0 Å². The van der Waals surface area contributed by atoms with Gasteiger partial charge in [0.2, 0.25) is 0 Å². The molecule has 0 bridgehead atoms. The molecule has 2 aliphatic rings. The molecule has 1 aliphatic carbocycles. The van der Waals surface area contributed by atoms with Crippen molar-refractivity contribution in [3.63, 3.8) is 0 Å². The molecule has 3 nitrogen and oxygen atoms in total. The van der Waals surface area contributed by atoms with Crippen molar-refractivity contribution in [2.24, 2.45) is 5.92 Å². The molecule has 1 saturated heterocycles. The fourth-order valence-corrected chi connectivity index (χ4v) is 3.11. The number of nitrogens with zero attached hydrogens (tertiary/aromatic N) is 2. The number of hydrogen-bond acceptors (Lipinski definition) is 2. The maximum absolute atomic E-state index is 8.27. The zero-order chi connectivity index (χ0) is 12.1. The molecule has 17 heavy (non-hydrogen) atoms. The monoisotopic (exact) mass is 237 g/mol. The maximum atomic E-state index is 8.27. The molecular formula is C14H27N3. The highest BCUT2D eigenvalue weighted by atomic mass is 15.2. The number of likely N-dealkylation sites (tertiary alicyclic amines) is 1. The largest absolute Gasteiger partial charge is 0.362 e. The minimum atomic E-state index is 0.548. The van der Waals surface area contributed by atoms with E-state index >= 15 is 0 Å². The maximum Gasteiger partial charge on any atom is 0.0987 e. The average molecular weight is 237 g/mol. The van der Waals surface area contributed by atoms with E-state index in [-0.39, 0.29) is 0 Å². The van der Waals surface area contributed by atoms with Crippen molar-refractivity contribution in [1.29, 1.82) is 5.41 Å². The molecule has 1 N–H and O–H groups in total. The third-order valence-corrected chi connectivity index (χ3v) is 4.35. The zero-order valence-corrected chi connectivity index (χ0v) is 11.2. The molecule has 98 valence electrons. The summed E-state index contributed by atoms with van der Waals surface area (Å²) in [6.07, 6.45) is 9.24. The van der Waals surface area contributed by atoms with Crippen molar-refractivity contribution >= 4 is 5.84 Å². The molecule has 2 rings (SSSR count). The predicted octanol–water partition coefficient (Wildman–Crippen LogP) is 2.57. The molecule has 0 aromatic heterocycles. The molecule has 0 unspecified atom stereocenters.